The van der Waals surface area contributed by atoms with Gasteiger partial charge in [0.15, 0.2) is 5.96 Å². The van der Waals surface area contributed by atoms with Crippen LogP contribution in [0.15, 0.2) is 22.5 Å². The molecule has 0 aliphatic rings. The fourth-order valence-corrected chi connectivity index (χ4v) is 3.97. The fourth-order valence-electron chi connectivity index (χ4n) is 2.26. The molecule has 25 heavy (non-hydrogen) atoms. The first-order valence-electron chi connectivity index (χ1n) is 8.44. The third-order valence-electron chi connectivity index (χ3n) is 3.64. The zero-order valence-corrected chi connectivity index (χ0v) is 17.1. The van der Waals surface area contributed by atoms with E-state index in [0.717, 1.165) is 4.88 Å². The summed E-state index contributed by atoms with van der Waals surface area (Å²) in [4.78, 5) is 5.32. The van der Waals surface area contributed by atoms with Gasteiger partial charge in [-0.1, -0.05) is 13.0 Å². The third kappa shape index (κ3) is 7.72. The van der Waals surface area contributed by atoms with Crippen molar-refractivity contribution in [2.45, 2.75) is 32.8 Å². The number of hydrogen-bond donors (Lipinski definition) is 3. The van der Waals surface area contributed by atoms with Crippen LogP contribution in [0.25, 0.3) is 0 Å². The van der Waals surface area contributed by atoms with Gasteiger partial charge in [0.1, 0.15) is 5.60 Å². The first-order chi connectivity index (χ1) is 11.7. The summed E-state index contributed by atoms with van der Waals surface area (Å²) < 4.78 is 24.6. The number of nitrogens with one attached hydrogen (secondary N) is 2. The minimum atomic E-state index is -3.15. The molecule has 1 unspecified atom stereocenters. The molecule has 0 bridgehead atoms. The van der Waals surface area contributed by atoms with Crippen molar-refractivity contribution in [3.05, 3.63) is 22.4 Å². The van der Waals surface area contributed by atoms with E-state index in [0.29, 0.717) is 38.6 Å². The average molecular weight is 391 g/mol. The topological polar surface area (TPSA) is 94.0 Å². The molecule has 0 saturated carbocycles. The van der Waals surface area contributed by atoms with Crippen LogP contribution < -0.4 is 10.6 Å². The lowest BCUT2D eigenvalue weighted by atomic mass is 10.1. The second-order valence-electron chi connectivity index (χ2n) is 5.98. The average Bonchev–Trinajstić information content (AvgIpc) is 3.06. The maximum atomic E-state index is 11.6. The van der Waals surface area contributed by atoms with Crippen molar-refractivity contribution in [2.75, 3.05) is 39.0 Å². The molecule has 7 nitrogen and oxygen atoms in total. The van der Waals surface area contributed by atoms with Gasteiger partial charge in [-0.3, -0.25) is 0 Å². The van der Waals surface area contributed by atoms with Crippen molar-refractivity contribution in [1.82, 2.24) is 14.9 Å². The normalized spacial score (nSPS) is 15.2. The van der Waals surface area contributed by atoms with Crippen LogP contribution in [0.2, 0.25) is 0 Å². The summed E-state index contributed by atoms with van der Waals surface area (Å²) in [5.74, 6) is 0.613. The van der Waals surface area contributed by atoms with Crippen LogP contribution >= 0.6 is 11.3 Å². The van der Waals surface area contributed by atoms with Crippen molar-refractivity contribution in [3.63, 3.8) is 0 Å². The van der Waals surface area contributed by atoms with Crippen molar-refractivity contribution >= 4 is 27.3 Å². The first-order valence-corrected chi connectivity index (χ1v) is 11.2. The highest BCUT2D eigenvalue weighted by atomic mass is 32.2. The van der Waals surface area contributed by atoms with Gasteiger partial charge >= 0.3 is 0 Å². The van der Waals surface area contributed by atoms with E-state index in [9.17, 15) is 13.5 Å². The molecule has 3 N–H and O–H groups in total. The summed E-state index contributed by atoms with van der Waals surface area (Å²) in [7, 11) is -3.15. The molecule has 0 aliphatic carbocycles. The standard InChI is InChI=1S/C16H30N4O3S2/c1-5-17-15(18-10-8-11-20(6-2)25(4,22)23)19-13-16(3,21)14-9-7-12-24-14/h7,9,12,21H,5-6,8,10-11,13H2,1-4H3,(H2,17,18,19). The van der Waals surface area contributed by atoms with E-state index in [1.165, 1.54) is 21.9 Å². The Hall–Kier alpha value is -1.16. The SMILES string of the molecule is CCNC(=NCC(C)(O)c1cccs1)NCCCN(CC)S(C)(=O)=O. The predicted octanol–water partition coefficient (Wildman–Crippen LogP) is 1.18. The maximum absolute atomic E-state index is 11.6. The molecule has 1 rings (SSSR count). The Morgan fingerprint density at radius 2 is 2.12 bits per heavy atom. The van der Waals surface area contributed by atoms with E-state index in [2.05, 4.69) is 15.6 Å². The van der Waals surface area contributed by atoms with Crippen LogP contribution in [0.4, 0.5) is 0 Å². The fraction of sp³-hybridized carbons (Fsp3) is 0.688. The molecule has 0 aromatic carbocycles. The molecule has 1 heterocycles. The van der Waals surface area contributed by atoms with E-state index in [4.69, 9.17) is 0 Å². The molecule has 0 spiro atoms. The summed E-state index contributed by atoms with van der Waals surface area (Å²) in [6, 6.07) is 3.80. The predicted molar refractivity (Wildman–Crippen MR) is 105 cm³/mol. The summed E-state index contributed by atoms with van der Waals surface area (Å²) in [6.45, 7) is 8.02. The van der Waals surface area contributed by atoms with Gasteiger partial charge in [-0.25, -0.2) is 17.7 Å². The maximum Gasteiger partial charge on any atom is 0.211 e. The second kappa shape index (κ2) is 10.1. The Labute approximate surface area is 155 Å². The largest absolute Gasteiger partial charge is 0.383 e. The molecule has 0 fully saturated rings. The number of guanidine groups is 1. The Balaban J connectivity index is 2.54. The number of nitrogens with zero attached hydrogens (tertiary/aromatic N) is 2. The molecule has 0 radical (unpaired) electrons. The molecule has 1 aromatic rings. The van der Waals surface area contributed by atoms with Crippen LogP contribution in [0.3, 0.4) is 0 Å². The molecule has 9 heteroatoms. The van der Waals surface area contributed by atoms with Crippen molar-refractivity contribution < 1.29 is 13.5 Å². The minimum Gasteiger partial charge on any atom is -0.383 e. The molecule has 0 saturated heterocycles. The second-order valence-corrected chi connectivity index (χ2v) is 8.91. The number of hydrogen-bond acceptors (Lipinski definition) is 5. The number of thiophene rings is 1. The smallest absolute Gasteiger partial charge is 0.211 e. The molecule has 0 aliphatic heterocycles. The Kier molecular flexibility index (Phi) is 8.84. The van der Waals surface area contributed by atoms with Crippen LogP contribution in [-0.4, -0.2) is 62.8 Å². The molecule has 144 valence electrons. The molecule has 1 aromatic heterocycles. The summed E-state index contributed by atoms with van der Waals surface area (Å²) >= 11 is 1.50. The summed E-state index contributed by atoms with van der Waals surface area (Å²) in [5, 5.41) is 18.8. The van der Waals surface area contributed by atoms with Crippen molar-refractivity contribution in [2.24, 2.45) is 4.99 Å². The van der Waals surface area contributed by atoms with Gasteiger partial charge in [0.05, 0.1) is 12.8 Å². The number of sulfonamides is 1. The van der Waals surface area contributed by atoms with Crippen LogP contribution in [-0.2, 0) is 15.6 Å². The van der Waals surface area contributed by atoms with Crippen LogP contribution in [0.1, 0.15) is 32.1 Å². The Morgan fingerprint density at radius 1 is 1.40 bits per heavy atom. The summed E-state index contributed by atoms with van der Waals surface area (Å²) in [6.07, 6.45) is 1.90. The number of aliphatic imine (C=N–C) groups is 1. The molecule has 1 atom stereocenters. The lowest BCUT2D eigenvalue weighted by Gasteiger charge is -2.21. The van der Waals surface area contributed by atoms with Gasteiger partial charge in [0.25, 0.3) is 0 Å². The van der Waals surface area contributed by atoms with Gasteiger partial charge in [-0.15, -0.1) is 11.3 Å². The molecular weight excluding hydrogens is 360 g/mol. The zero-order chi connectivity index (χ0) is 18.9. The lowest BCUT2D eigenvalue weighted by molar-refractivity contribution is 0.0711. The van der Waals surface area contributed by atoms with Crippen molar-refractivity contribution in [1.29, 1.82) is 0 Å². The number of rotatable bonds is 10. The Morgan fingerprint density at radius 3 is 2.64 bits per heavy atom. The highest BCUT2D eigenvalue weighted by molar-refractivity contribution is 7.88. The molecule has 0 amide bonds. The monoisotopic (exact) mass is 390 g/mol. The summed E-state index contributed by atoms with van der Waals surface area (Å²) in [5.41, 5.74) is -1.01. The quantitative estimate of drug-likeness (QED) is 0.317. The number of aliphatic hydroxyl groups is 1. The van der Waals surface area contributed by atoms with Gasteiger partial charge in [-0.05, 0) is 31.7 Å². The van der Waals surface area contributed by atoms with E-state index >= 15 is 0 Å². The molecular formula is C16H30N4O3S2. The van der Waals surface area contributed by atoms with Crippen LogP contribution in [0, 0.1) is 0 Å². The highest BCUT2D eigenvalue weighted by Crippen LogP contribution is 2.25. The van der Waals surface area contributed by atoms with Gasteiger partial charge < -0.3 is 15.7 Å². The highest BCUT2D eigenvalue weighted by Gasteiger charge is 2.24. The van der Waals surface area contributed by atoms with Gasteiger partial charge in [0, 0.05) is 31.1 Å². The lowest BCUT2D eigenvalue weighted by Crippen LogP contribution is -2.40. The third-order valence-corrected chi connectivity index (χ3v) is 6.14. The van der Waals surface area contributed by atoms with Crippen molar-refractivity contribution in [3.8, 4) is 0 Å². The van der Waals surface area contributed by atoms with Crippen LogP contribution in [0.5, 0.6) is 0 Å². The van der Waals surface area contributed by atoms with E-state index in [1.54, 1.807) is 6.92 Å². The van der Waals surface area contributed by atoms with Gasteiger partial charge in [-0.2, -0.15) is 0 Å². The van der Waals surface area contributed by atoms with E-state index in [-0.39, 0.29) is 6.54 Å². The van der Waals surface area contributed by atoms with E-state index < -0.39 is 15.6 Å². The first kappa shape index (κ1) is 21.9. The minimum absolute atomic E-state index is 0.243. The Bertz CT molecular complexity index is 628. The van der Waals surface area contributed by atoms with E-state index in [1.807, 2.05) is 31.4 Å². The van der Waals surface area contributed by atoms with Gasteiger partial charge in [0.2, 0.25) is 10.0 Å². The zero-order valence-electron chi connectivity index (χ0n) is 15.4.